The molecule has 1 aliphatic heterocycles. The van der Waals surface area contributed by atoms with Gasteiger partial charge >= 0.3 is 0 Å². The maximum atomic E-state index is 13.2. The molecule has 0 unspecified atom stereocenters. The second-order valence-electron chi connectivity index (χ2n) is 8.19. The van der Waals surface area contributed by atoms with Gasteiger partial charge in [-0.3, -0.25) is 4.79 Å². The first-order valence-corrected chi connectivity index (χ1v) is 11.9. The zero-order valence-corrected chi connectivity index (χ0v) is 18.4. The number of halogens is 1. The Morgan fingerprint density at radius 1 is 1.20 bits per heavy atom. The Kier molecular flexibility index (Phi) is 6.81. The van der Waals surface area contributed by atoms with Gasteiger partial charge in [0.05, 0.1) is 11.5 Å². The molecule has 0 aromatic heterocycles. The molecule has 5 nitrogen and oxygen atoms in total. The third-order valence-electron chi connectivity index (χ3n) is 5.38. The first-order chi connectivity index (χ1) is 14.1. The van der Waals surface area contributed by atoms with Gasteiger partial charge in [-0.1, -0.05) is 38.1 Å². The van der Waals surface area contributed by atoms with E-state index in [9.17, 15) is 17.6 Å². The first-order valence-electron chi connectivity index (χ1n) is 10.1. The molecule has 0 saturated carbocycles. The van der Waals surface area contributed by atoms with Gasteiger partial charge in [0.25, 0.3) is 5.91 Å². The van der Waals surface area contributed by atoms with E-state index in [-0.39, 0.29) is 42.3 Å². The number of aryl methyl sites for hydroxylation is 1. The number of rotatable bonds is 7. The molecule has 1 aliphatic rings. The van der Waals surface area contributed by atoms with Crippen LogP contribution in [0.3, 0.4) is 0 Å². The van der Waals surface area contributed by atoms with Crippen molar-refractivity contribution in [2.24, 2.45) is 0 Å². The highest BCUT2D eigenvalue weighted by Gasteiger charge is 2.35. The van der Waals surface area contributed by atoms with E-state index in [1.165, 1.54) is 12.1 Å². The molecular formula is C23H28FNO4S. The highest BCUT2D eigenvalue weighted by Crippen LogP contribution is 2.28. The van der Waals surface area contributed by atoms with Gasteiger partial charge in [0, 0.05) is 12.6 Å². The van der Waals surface area contributed by atoms with Gasteiger partial charge in [0.1, 0.15) is 11.6 Å². The fraction of sp³-hybridized carbons (Fsp3) is 0.435. The van der Waals surface area contributed by atoms with E-state index in [2.05, 4.69) is 13.8 Å². The molecule has 0 bridgehead atoms. The number of hydrogen-bond acceptors (Lipinski definition) is 4. The largest absolute Gasteiger partial charge is 0.483 e. The van der Waals surface area contributed by atoms with E-state index in [0.29, 0.717) is 12.2 Å². The van der Waals surface area contributed by atoms with Crippen LogP contribution in [0.5, 0.6) is 5.75 Å². The third kappa shape index (κ3) is 5.59. The van der Waals surface area contributed by atoms with E-state index in [0.717, 1.165) is 16.7 Å². The predicted octanol–water partition coefficient (Wildman–Crippen LogP) is 3.85. The van der Waals surface area contributed by atoms with Crippen molar-refractivity contribution in [1.29, 1.82) is 0 Å². The molecule has 1 fully saturated rings. The third-order valence-corrected chi connectivity index (χ3v) is 7.13. The molecule has 162 valence electrons. The molecule has 3 rings (SSSR count). The van der Waals surface area contributed by atoms with E-state index >= 15 is 0 Å². The number of carbonyl (C=O) groups is 1. The Bertz CT molecular complexity index is 1000. The molecule has 0 spiro atoms. The topological polar surface area (TPSA) is 63.7 Å². The molecule has 2 aromatic rings. The van der Waals surface area contributed by atoms with Crippen molar-refractivity contribution in [1.82, 2.24) is 4.90 Å². The Morgan fingerprint density at radius 2 is 1.90 bits per heavy atom. The van der Waals surface area contributed by atoms with Gasteiger partial charge in [-0.2, -0.15) is 0 Å². The summed E-state index contributed by atoms with van der Waals surface area (Å²) in [5, 5.41) is 0. The first kappa shape index (κ1) is 22.3. The lowest BCUT2D eigenvalue weighted by Crippen LogP contribution is -2.43. The van der Waals surface area contributed by atoms with E-state index in [4.69, 9.17) is 4.74 Å². The summed E-state index contributed by atoms with van der Waals surface area (Å²) in [5.74, 6) is 0.287. The molecule has 0 aliphatic carbocycles. The van der Waals surface area contributed by atoms with Crippen LogP contribution in [0.4, 0.5) is 4.39 Å². The summed E-state index contributed by atoms with van der Waals surface area (Å²) in [4.78, 5) is 14.6. The lowest BCUT2D eigenvalue weighted by molar-refractivity contribution is -0.136. The standard InChI is InChI=1S/C23H28FNO4S/c1-16(2)21-9-4-17(3)12-22(21)29-14-23(26)25(20-10-11-30(27,28)15-20)13-18-5-7-19(24)8-6-18/h4-9,12,16,20H,10-11,13-15H2,1-3H3/t20-/m1/s1. The summed E-state index contributed by atoms with van der Waals surface area (Å²) in [6.07, 6.45) is 0.400. The Labute approximate surface area is 177 Å². The molecule has 1 saturated heterocycles. The summed E-state index contributed by atoms with van der Waals surface area (Å²) in [6.45, 7) is 6.12. The van der Waals surface area contributed by atoms with Crippen LogP contribution >= 0.6 is 0 Å². The second kappa shape index (κ2) is 9.16. The highest BCUT2D eigenvalue weighted by molar-refractivity contribution is 7.91. The monoisotopic (exact) mass is 433 g/mol. The van der Waals surface area contributed by atoms with Crippen molar-refractivity contribution in [2.75, 3.05) is 18.1 Å². The normalized spacial score (nSPS) is 17.8. The lowest BCUT2D eigenvalue weighted by Gasteiger charge is -2.28. The highest BCUT2D eigenvalue weighted by atomic mass is 32.2. The van der Waals surface area contributed by atoms with Gasteiger partial charge in [-0.15, -0.1) is 0 Å². The maximum absolute atomic E-state index is 13.2. The van der Waals surface area contributed by atoms with E-state index < -0.39 is 15.9 Å². The van der Waals surface area contributed by atoms with Crippen LogP contribution in [0.2, 0.25) is 0 Å². The summed E-state index contributed by atoms with van der Waals surface area (Å²) < 4.78 is 43.1. The van der Waals surface area contributed by atoms with Crippen molar-refractivity contribution in [3.8, 4) is 5.75 Å². The fourth-order valence-electron chi connectivity index (χ4n) is 3.69. The smallest absolute Gasteiger partial charge is 0.261 e. The maximum Gasteiger partial charge on any atom is 0.261 e. The van der Waals surface area contributed by atoms with Gasteiger partial charge in [0.2, 0.25) is 0 Å². The number of hydrogen-bond donors (Lipinski definition) is 0. The van der Waals surface area contributed by atoms with Crippen LogP contribution in [-0.2, 0) is 21.2 Å². The second-order valence-corrected chi connectivity index (χ2v) is 10.4. The molecule has 0 N–H and O–H groups in total. The summed E-state index contributed by atoms with van der Waals surface area (Å²) in [6, 6.07) is 11.4. The lowest BCUT2D eigenvalue weighted by atomic mass is 10.0. The Hall–Kier alpha value is -2.41. The minimum atomic E-state index is -3.16. The van der Waals surface area contributed by atoms with Crippen LogP contribution in [0.1, 0.15) is 42.9 Å². The van der Waals surface area contributed by atoms with E-state index in [1.807, 2.05) is 25.1 Å². The quantitative estimate of drug-likeness (QED) is 0.665. The van der Waals surface area contributed by atoms with Crippen molar-refractivity contribution in [2.45, 2.75) is 45.7 Å². The molecule has 1 atom stereocenters. The zero-order valence-electron chi connectivity index (χ0n) is 17.6. The molecule has 1 heterocycles. The minimum Gasteiger partial charge on any atom is -0.483 e. The average Bonchev–Trinajstić information content (AvgIpc) is 3.04. The van der Waals surface area contributed by atoms with Gasteiger partial charge < -0.3 is 9.64 Å². The van der Waals surface area contributed by atoms with E-state index in [1.54, 1.807) is 17.0 Å². The van der Waals surface area contributed by atoms with Crippen LogP contribution in [-0.4, -0.2) is 43.4 Å². The molecule has 1 amide bonds. The molecular weight excluding hydrogens is 405 g/mol. The van der Waals surface area contributed by atoms with Crippen molar-refractivity contribution in [3.63, 3.8) is 0 Å². The average molecular weight is 434 g/mol. The fourth-order valence-corrected chi connectivity index (χ4v) is 5.43. The molecule has 7 heteroatoms. The molecule has 2 aromatic carbocycles. The van der Waals surface area contributed by atoms with Gasteiger partial charge in [-0.05, 0) is 54.2 Å². The Morgan fingerprint density at radius 3 is 2.50 bits per heavy atom. The molecule has 30 heavy (non-hydrogen) atoms. The van der Waals surface area contributed by atoms with Gasteiger partial charge in [-0.25, -0.2) is 12.8 Å². The van der Waals surface area contributed by atoms with Crippen LogP contribution in [0, 0.1) is 12.7 Å². The molecule has 0 radical (unpaired) electrons. The van der Waals surface area contributed by atoms with Crippen molar-refractivity contribution in [3.05, 3.63) is 65.0 Å². The summed E-state index contributed by atoms with van der Waals surface area (Å²) >= 11 is 0. The van der Waals surface area contributed by atoms with Crippen LogP contribution in [0.25, 0.3) is 0 Å². The Balaban J connectivity index is 1.78. The van der Waals surface area contributed by atoms with Crippen molar-refractivity contribution >= 4 is 15.7 Å². The predicted molar refractivity (Wildman–Crippen MR) is 115 cm³/mol. The van der Waals surface area contributed by atoms with Crippen molar-refractivity contribution < 1.29 is 22.3 Å². The number of sulfone groups is 1. The SMILES string of the molecule is Cc1ccc(C(C)C)c(OCC(=O)N(Cc2ccc(F)cc2)[C@@H]2CCS(=O)(=O)C2)c1. The van der Waals surface area contributed by atoms with Gasteiger partial charge in [0.15, 0.2) is 16.4 Å². The van der Waals surface area contributed by atoms with Crippen LogP contribution in [0.15, 0.2) is 42.5 Å². The van der Waals surface area contributed by atoms with Crippen LogP contribution < -0.4 is 4.74 Å². The number of amides is 1. The number of carbonyl (C=O) groups excluding carboxylic acids is 1. The number of ether oxygens (including phenoxy) is 1. The number of benzene rings is 2. The number of nitrogens with zero attached hydrogens (tertiary/aromatic N) is 1. The summed E-state index contributed by atoms with van der Waals surface area (Å²) in [7, 11) is -3.16. The minimum absolute atomic E-state index is 0.0539. The summed E-state index contributed by atoms with van der Waals surface area (Å²) in [5.41, 5.74) is 2.79. The zero-order chi connectivity index (χ0) is 21.9.